The molecule has 0 aliphatic carbocycles. The molecule has 1 aromatic carbocycles. The third-order valence-corrected chi connectivity index (χ3v) is 3.40. The molecular weight excluding hydrogens is 250 g/mol. The van der Waals surface area contributed by atoms with Crippen molar-refractivity contribution >= 4 is 5.97 Å². The van der Waals surface area contributed by atoms with Crippen LogP contribution in [0, 0.1) is 6.92 Å². The molecule has 3 nitrogen and oxygen atoms in total. The highest BCUT2D eigenvalue weighted by Crippen LogP contribution is 2.27. The van der Waals surface area contributed by atoms with Crippen LogP contribution in [-0.4, -0.2) is 16.1 Å². The maximum atomic E-state index is 11.4. The first-order chi connectivity index (χ1) is 9.30. The Kier molecular flexibility index (Phi) is 3.62. The number of hydrogen-bond donors (Lipinski definition) is 1. The van der Waals surface area contributed by atoms with Gasteiger partial charge in [0.15, 0.2) is 0 Å². The zero-order chi connectivity index (χ0) is 14.9. The van der Waals surface area contributed by atoms with E-state index in [1.54, 1.807) is 19.2 Å². The van der Waals surface area contributed by atoms with E-state index in [9.17, 15) is 9.90 Å². The van der Waals surface area contributed by atoms with E-state index >= 15 is 0 Å². The Labute approximate surface area is 119 Å². The first kappa shape index (κ1) is 14.3. The van der Waals surface area contributed by atoms with E-state index in [-0.39, 0.29) is 11.0 Å². The van der Waals surface area contributed by atoms with Crippen LogP contribution in [0.1, 0.15) is 42.3 Å². The van der Waals surface area contributed by atoms with Gasteiger partial charge < -0.3 is 5.11 Å². The van der Waals surface area contributed by atoms with Crippen LogP contribution in [0.15, 0.2) is 36.5 Å². The average Bonchev–Trinajstić information content (AvgIpc) is 2.37. The molecule has 0 spiro atoms. The van der Waals surface area contributed by atoms with Crippen molar-refractivity contribution in [2.45, 2.75) is 33.1 Å². The number of aromatic nitrogens is 1. The molecular formula is C17H19NO2. The fourth-order valence-electron chi connectivity index (χ4n) is 2.18. The number of carboxylic acid groups (broad SMARTS) is 1. The van der Waals surface area contributed by atoms with Gasteiger partial charge in [-0.05, 0) is 29.5 Å². The van der Waals surface area contributed by atoms with Gasteiger partial charge in [-0.1, -0.05) is 45.0 Å². The first-order valence-electron chi connectivity index (χ1n) is 6.60. The molecule has 2 rings (SSSR count). The number of carboxylic acids is 1. The Morgan fingerprint density at radius 3 is 2.20 bits per heavy atom. The third-order valence-electron chi connectivity index (χ3n) is 3.40. The van der Waals surface area contributed by atoms with E-state index in [1.807, 2.05) is 24.3 Å². The highest BCUT2D eigenvalue weighted by Gasteiger charge is 2.17. The number of nitrogens with zero attached hydrogens (tertiary/aromatic N) is 1. The monoisotopic (exact) mass is 269 g/mol. The molecule has 0 aliphatic rings. The molecule has 0 radical (unpaired) electrons. The Balaban J connectivity index is 2.53. The lowest BCUT2D eigenvalue weighted by Gasteiger charge is -2.19. The maximum absolute atomic E-state index is 11.4. The number of benzene rings is 1. The van der Waals surface area contributed by atoms with Gasteiger partial charge in [-0.3, -0.25) is 4.98 Å². The Hall–Kier alpha value is -2.16. The molecule has 0 aliphatic heterocycles. The van der Waals surface area contributed by atoms with Crippen LogP contribution in [-0.2, 0) is 5.41 Å². The fourth-order valence-corrected chi connectivity index (χ4v) is 2.18. The second kappa shape index (κ2) is 5.08. The van der Waals surface area contributed by atoms with Crippen molar-refractivity contribution < 1.29 is 9.90 Å². The van der Waals surface area contributed by atoms with Crippen LogP contribution in [0.25, 0.3) is 11.3 Å². The number of rotatable bonds is 2. The van der Waals surface area contributed by atoms with E-state index in [0.717, 1.165) is 11.1 Å². The second-order valence-electron chi connectivity index (χ2n) is 5.98. The molecule has 0 fully saturated rings. The molecule has 2 aromatic rings. The topological polar surface area (TPSA) is 50.2 Å². The lowest BCUT2D eigenvalue weighted by Crippen LogP contribution is -2.10. The summed E-state index contributed by atoms with van der Waals surface area (Å²) in [6, 6.07) is 9.66. The van der Waals surface area contributed by atoms with Gasteiger partial charge in [-0.2, -0.15) is 0 Å². The van der Waals surface area contributed by atoms with Gasteiger partial charge in [0.1, 0.15) is 0 Å². The molecule has 20 heavy (non-hydrogen) atoms. The zero-order valence-corrected chi connectivity index (χ0v) is 12.3. The van der Waals surface area contributed by atoms with Crippen molar-refractivity contribution in [3.63, 3.8) is 0 Å². The minimum Gasteiger partial charge on any atom is -0.478 e. The zero-order valence-electron chi connectivity index (χ0n) is 12.3. The molecule has 1 aromatic heterocycles. The summed E-state index contributed by atoms with van der Waals surface area (Å²) in [6.07, 6.45) is 1.65. The van der Waals surface area contributed by atoms with Crippen LogP contribution in [0.5, 0.6) is 0 Å². The van der Waals surface area contributed by atoms with Crippen molar-refractivity contribution in [1.29, 1.82) is 0 Å². The predicted octanol–water partition coefficient (Wildman–Crippen LogP) is 4.05. The summed E-state index contributed by atoms with van der Waals surface area (Å²) in [6.45, 7) is 8.24. The Morgan fingerprint density at radius 2 is 1.70 bits per heavy atom. The summed E-state index contributed by atoms with van der Waals surface area (Å²) in [5.74, 6) is -0.939. The smallest absolute Gasteiger partial charge is 0.338 e. The molecule has 1 heterocycles. The van der Waals surface area contributed by atoms with Gasteiger partial charge in [0.25, 0.3) is 0 Å². The van der Waals surface area contributed by atoms with Gasteiger partial charge in [0, 0.05) is 11.8 Å². The maximum Gasteiger partial charge on any atom is 0.338 e. The van der Waals surface area contributed by atoms with Crippen molar-refractivity contribution in [3.05, 3.63) is 53.2 Å². The van der Waals surface area contributed by atoms with Crippen LogP contribution < -0.4 is 0 Å². The van der Waals surface area contributed by atoms with E-state index in [0.29, 0.717) is 5.69 Å². The highest BCUT2D eigenvalue weighted by atomic mass is 16.4. The molecule has 0 unspecified atom stereocenters. The molecule has 1 N–H and O–H groups in total. The quantitative estimate of drug-likeness (QED) is 0.894. The van der Waals surface area contributed by atoms with Gasteiger partial charge in [0.05, 0.1) is 11.3 Å². The number of hydrogen-bond acceptors (Lipinski definition) is 2. The molecule has 0 saturated carbocycles. The van der Waals surface area contributed by atoms with Gasteiger partial charge in [-0.15, -0.1) is 0 Å². The van der Waals surface area contributed by atoms with E-state index in [1.165, 1.54) is 5.56 Å². The second-order valence-corrected chi connectivity index (χ2v) is 5.98. The van der Waals surface area contributed by atoms with E-state index in [2.05, 4.69) is 25.8 Å². The van der Waals surface area contributed by atoms with Gasteiger partial charge in [-0.25, -0.2) is 4.79 Å². The highest BCUT2D eigenvalue weighted by molar-refractivity contribution is 5.96. The molecule has 0 bridgehead atoms. The average molecular weight is 269 g/mol. The third kappa shape index (κ3) is 2.72. The Morgan fingerprint density at radius 1 is 1.10 bits per heavy atom. The summed E-state index contributed by atoms with van der Waals surface area (Å²) < 4.78 is 0. The molecule has 104 valence electrons. The molecule has 0 saturated heterocycles. The minimum atomic E-state index is -0.939. The van der Waals surface area contributed by atoms with Crippen LogP contribution in [0.3, 0.4) is 0 Å². The standard InChI is InChI=1S/C17H19NO2/c1-11-9-10-18-15(14(11)16(19)20)12-5-7-13(8-6-12)17(2,3)4/h5-10H,1-4H3,(H,19,20). The molecule has 0 amide bonds. The molecule has 3 heteroatoms. The summed E-state index contributed by atoms with van der Waals surface area (Å²) >= 11 is 0. The van der Waals surface area contributed by atoms with E-state index < -0.39 is 5.97 Å². The van der Waals surface area contributed by atoms with Crippen LogP contribution >= 0.6 is 0 Å². The van der Waals surface area contributed by atoms with Crippen molar-refractivity contribution in [3.8, 4) is 11.3 Å². The Bertz CT molecular complexity index is 637. The van der Waals surface area contributed by atoms with Crippen molar-refractivity contribution in [1.82, 2.24) is 4.98 Å². The first-order valence-corrected chi connectivity index (χ1v) is 6.60. The minimum absolute atomic E-state index is 0.0776. The van der Waals surface area contributed by atoms with Gasteiger partial charge in [0.2, 0.25) is 0 Å². The summed E-state index contributed by atoms with van der Waals surface area (Å²) in [7, 11) is 0. The molecule has 0 atom stereocenters. The summed E-state index contributed by atoms with van der Waals surface area (Å²) in [4.78, 5) is 15.6. The summed E-state index contributed by atoms with van der Waals surface area (Å²) in [5, 5.41) is 9.35. The van der Waals surface area contributed by atoms with Crippen LogP contribution in [0.2, 0.25) is 0 Å². The lowest BCUT2D eigenvalue weighted by molar-refractivity contribution is 0.0696. The van der Waals surface area contributed by atoms with Crippen molar-refractivity contribution in [2.24, 2.45) is 0 Å². The normalized spacial score (nSPS) is 11.4. The lowest BCUT2D eigenvalue weighted by atomic mass is 9.86. The summed E-state index contributed by atoms with van der Waals surface area (Å²) in [5.41, 5.74) is 3.65. The number of aromatic carboxylic acids is 1. The van der Waals surface area contributed by atoms with Gasteiger partial charge >= 0.3 is 5.97 Å². The number of aryl methyl sites for hydroxylation is 1. The van der Waals surface area contributed by atoms with Crippen molar-refractivity contribution in [2.75, 3.05) is 0 Å². The van der Waals surface area contributed by atoms with Crippen LogP contribution in [0.4, 0.5) is 0 Å². The van der Waals surface area contributed by atoms with E-state index in [4.69, 9.17) is 0 Å². The SMILES string of the molecule is Cc1ccnc(-c2ccc(C(C)(C)C)cc2)c1C(=O)O. The number of pyridine rings is 1. The number of carbonyl (C=O) groups is 1. The fraction of sp³-hybridized carbons (Fsp3) is 0.294. The predicted molar refractivity (Wildman–Crippen MR) is 80.1 cm³/mol. The largest absolute Gasteiger partial charge is 0.478 e.